The molecule has 0 saturated heterocycles. The largest absolute Gasteiger partial charge is 0.493 e. The molecular weight excluding hydrogens is 336 g/mol. The van der Waals surface area contributed by atoms with Crippen LogP contribution in [0.4, 0.5) is 0 Å². The predicted octanol–water partition coefficient (Wildman–Crippen LogP) is 4.67. The third kappa shape index (κ3) is 3.37. The van der Waals surface area contributed by atoms with Crippen LogP contribution in [0.2, 0.25) is 0 Å². The normalized spacial score (nSPS) is 10.4. The monoisotopic (exact) mass is 354 g/mol. The molecule has 0 aliphatic rings. The number of hydrogen-bond donors (Lipinski definition) is 0. The van der Waals surface area contributed by atoms with Gasteiger partial charge in [-0.05, 0) is 29.8 Å². The van der Waals surface area contributed by atoms with E-state index in [-0.39, 0.29) is 5.78 Å². The van der Waals surface area contributed by atoms with Crippen LogP contribution in [0.3, 0.4) is 0 Å². The first-order valence-electron chi connectivity index (χ1n) is 7.68. The lowest BCUT2D eigenvalue weighted by molar-refractivity contribution is 0.104. The number of rotatable bonds is 6. The zero-order valence-corrected chi connectivity index (χ0v) is 15.1. The molecule has 0 spiro atoms. The minimum absolute atomic E-state index is 0.0774. The lowest BCUT2D eigenvalue weighted by Gasteiger charge is -2.13. The second-order valence-electron chi connectivity index (χ2n) is 5.27. The first-order valence-corrected chi connectivity index (χ1v) is 8.49. The number of thiophene rings is 1. The molecule has 5 heteroatoms. The third-order valence-corrected chi connectivity index (χ3v) is 4.95. The Morgan fingerprint density at radius 2 is 1.48 bits per heavy atom. The molecule has 0 radical (unpaired) electrons. The van der Waals surface area contributed by atoms with Gasteiger partial charge in [0.15, 0.2) is 11.5 Å². The lowest BCUT2D eigenvalue weighted by atomic mass is 10.1. The molecular formula is C20H18O4S. The van der Waals surface area contributed by atoms with E-state index < -0.39 is 0 Å². The van der Waals surface area contributed by atoms with Gasteiger partial charge in [-0.3, -0.25) is 4.79 Å². The van der Waals surface area contributed by atoms with Gasteiger partial charge in [-0.2, -0.15) is 0 Å². The summed E-state index contributed by atoms with van der Waals surface area (Å²) >= 11 is 1.46. The molecule has 0 bridgehead atoms. The van der Waals surface area contributed by atoms with Crippen LogP contribution in [-0.2, 0) is 0 Å². The van der Waals surface area contributed by atoms with Gasteiger partial charge in [-0.15, -0.1) is 11.3 Å². The van der Waals surface area contributed by atoms with E-state index in [1.54, 1.807) is 12.1 Å². The third-order valence-electron chi connectivity index (χ3n) is 3.82. The van der Waals surface area contributed by atoms with Crippen molar-refractivity contribution in [2.45, 2.75) is 0 Å². The highest BCUT2D eigenvalue weighted by Gasteiger charge is 2.19. The van der Waals surface area contributed by atoms with Gasteiger partial charge < -0.3 is 14.2 Å². The van der Waals surface area contributed by atoms with Gasteiger partial charge in [0, 0.05) is 10.4 Å². The summed E-state index contributed by atoms with van der Waals surface area (Å²) in [5.74, 6) is 1.32. The SMILES string of the molecule is COc1cc(C(=O)c2ccc(-c3ccccc3)s2)cc(OC)c1OC. The highest BCUT2D eigenvalue weighted by atomic mass is 32.1. The molecule has 1 aromatic heterocycles. The molecule has 0 aliphatic carbocycles. The van der Waals surface area contributed by atoms with Gasteiger partial charge in [0.1, 0.15) is 0 Å². The fourth-order valence-electron chi connectivity index (χ4n) is 2.57. The number of methoxy groups -OCH3 is 3. The van der Waals surface area contributed by atoms with E-state index in [0.29, 0.717) is 27.7 Å². The molecule has 2 aromatic carbocycles. The second kappa shape index (κ2) is 7.40. The Morgan fingerprint density at radius 1 is 0.840 bits per heavy atom. The summed E-state index contributed by atoms with van der Waals surface area (Å²) in [4.78, 5) is 14.6. The quantitative estimate of drug-likeness (QED) is 0.603. The topological polar surface area (TPSA) is 44.8 Å². The standard InChI is InChI=1S/C20H18O4S/c1-22-15-11-14(12-16(23-2)20(15)24-3)19(21)18-10-9-17(25-18)13-7-5-4-6-8-13/h4-12H,1-3H3. The molecule has 0 saturated carbocycles. The van der Waals surface area contributed by atoms with E-state index in [2.05, 4.69) is 0 Å². The Balaban J connectivity index is 1.97. The fraction of sp³-hybridized carbons (Fsp3) is 0.150. The van der Waals surface area contributed by atoms with Crippen LogP contribution in [0.25, 0.3) is 10.4 Å². The van der Waals surface area contributed by atoms with Gasteiger partial charge in [-0.25, -0.2) is 0 Å². The van der Waals surface area contributed by atoms with Crippen LogP contribution >= 0.6 is 11.3 Å². The van der Waals surface area contributed by atoms with E-state index in [4.69, 9.17) is 14.2 Å². The highest BCUT2D eigenvalue weighted by Crippen LogP contribution is 2.39. The van der Waals surface area contributed by atoms with E-state index >= 15 is 0 Å². The summed E-state index contributed by atoms with van der Waals surface area (Å²) in [6, 6.07) is 17.1. The molecule has 0 atom stereocenters. The van der Waals surface area contributed by atoms with Gasteiger partial charge in [-0.1, -0.05) is 30.3 Å². The predicted molar refractivity (Wildman–Crippen MR) is 99.3 cm³/mol. The number of carbonyl (C=O) groups excluding carboxylic acids is 1. The van der Waals surface area contributed by atoms with Crippen LogP contribution in [0, 0.1) is 0 Å². The summed E-state index contributed by atoms with van der Waals surface area (Å²) in [7, 11) is 4.60. The number of hydrogen-bond acceptors (Lipinski definition) is 5. The zero-order chi connectivity index (χ0) is 17.8. The zero-order valence-electron chi connectivity index (χ0n) is 14.2. The number of ether oxygens (including phenoxy) is 3. The summed E-state index contributed by atoms with van der Waals surface area (Å²) in [6.07, 6.45) is 0. The molecule has 4 nitrogen and oxygen atoms in total. The highest BCUT2D eigenvalue weighted by molar-refractivity contribution is 7.17. The van der Waals surface area contributed by atoms with Crippen molar-refractivity contribution in [3.8, 4) is 27.7 Å². The average molecular weight is 354 g/mol. The molecule has 128 valence electrons. The smallest absolute Gasteiger partial charge is 0.203 e. The van der Waals surface area contributed by atoms with E-state index in [9.17, 15) is 4.79 Å². The lowest BCUT2D eigenvalue weighted by Crippen LogP contribution is -2.02. The Bertz CT molecular complexity index is 859. The molecule has 0 aliphatic heterocycles. The molecule has 25 heavy (non-hydrogen) atoms. The fourth-order valence-corrected chi connectivity index (χ4v) is 3.55. The summed E-state index contributed by atoms with van der Waals surface area (Å²) in [6.45, 7) is 0. The van der Waals surface area contributed by atoms with Crippen molar-refractivity contribution < 1.29 is 19.0 Å². The van der Waals surface area contributed by atoms with E-state index in [1.807, 2.05) is 42.5 Å². The Kier molecular flexibility index (Phi) is 5.05. The van der Waals surface area contributed by atoms with E-state index in [0.717, 1.165) is 10.4 Å². The average Bonchev–Trinajstić information content (AvgIpc) is 3.17. The molecule has 0 unspecified atom stereocenters. The molecule has 0 N–H and O–H groups in total. The minimum atomic E-state index is -0.0774. The summed E-state index contributed by atoms with van der Waals surface area (Å²) in [5, 5.41) is 0. The Labute approximate surface area is 150 Å². The van der Waals surface area contributed by atoms with Crippen LogP contribution in [0.15, 0.2) is 54.6 Å². The van der Waals surface area contributed by atoms with Crippen LogP contribution in [0.1, 0.15) is 15.2 Å². The molecule has 0 amide bonds. The number of carbonyl (C=O) groups is 1. The first kappa shape index (κ1) is 17.0. The van der Waals surface area contributed by atoms with Crippen molar-refractivity contribution in [2.24, 2.45) is 0 Å². The maximum absolute atomic E-state index is 12.9. The van der Waals surface area contributed by atoms with Gasteiger partial charge in [0.05, 0.1) is 26.2 Å². The van der Waals surface area contributed by atoms with Crippen molar-refractivity contribution in [3.05, 3.63) is 65.0 Å². The maximum Gasteiger partial charge on any atom is 0.203 e. The molecule has 0 fully saturated rings. The number of ketones is 1. The first-order chi connectivity index (χ1) is 12.2. The Hall–Kier alpha value is -2.79. The van der Waals surface area contributed by atoms with Crippen molar-refractivity contribution >= 4 is 17.1 Å². The van der Waals surface area contributed by atoms with Crippen molar-refractivity contribution in [2.75, 3.05) is 21.3 Å². The van der Waals surface area contributed by atoms with Crippen LogP contribution < -0.4 is 14.2 Å². The Morgan fingerprint density at radius 3 is 2.04 bits per heavy atom. The summed E-state index contributed by atoms with van der Waals surface area (Å²) in [5.41, 5.74) is 1.59. The van der Waals surface area contributed by atoms with Gasteiger partial charge in [0.2, 0.25) is 11.5 Å². The summed E-state index contributed by atoms with van der Waals surface area (Å²) < 4.78 is 16.0. The van der Waals surface area contributed by atoms with E-state index in [1.165, 1.54) is 32.7 Å². The molecule has 3 aromatic rings. The minimum Gasteiger partial charge on any atom is -0.493 e. The van der Waals surface area contributed by atoms with Crippen LogP contribution in [-0.4, -0.2) is 27.1 Å². The van der Waals surface area contributed by atoms with Crippen molar-refractivity contribution in [3.63, 3.8) is 0 Å². The van der Waals surface area contributed by atoms with Crippen molar-refractivity contribution in [1.29, 1.82) is 0 Å². The van der Waals surface area contributed by atoms with Crippen molar-refractivity contribution in [1.82, 2.24) is 0 Å². The van der Waals surface area contributed by atoms with Crippen LogP contribution in [0.5, 0.6) is 17.2 Å². The van der Waals surface area contributed by atoms with Gasteiger partial charge >= 0.3 is 0 Å². The second-order valence-corrected chi connectivity index (χ2v) is 6.36. The number of benzene rings is 2. The van der Waals surface area contributed by atoms with Gasteiger partial charge in [0.25, 0.3) is 0 Å². The molecule has 3 rings (SSSR count). The molecule has 1 heterocycles. The maximum atomic E-state index is 12.9.